The maximum Gasteiger partial charge on any atom is 0.406 e. The summed E-state index contributed by atoms with van der Waals surface area (Å²) in [6, 6.07) is 0. The van der Waals surface area contributed by atoms with Crippen LogP contribution in [0.4, 0.5) is 13.2 Å². The number of piperidine rings is 1. The van der Waals surface area contributed by atoms with Crippen LogP contribution in [0.1, 0.15) is 25.7 Å². The number of hydrogen-bond donors (Lipinski definition) is 2. The van der Waals surface area contributed by atoms with E-state index in [0.717, 1.165) is 31.7 Å². The lowest BCUT2D eigenvalue weighted by Crippen LogP contribution is -2.45. The molecule has 0 atom stereocenters. The van der Waals surface area contributed by atoms with Crippen molar-refractivity contribution in [3.8, 4) is 0 Å². The van der Waals surface area contributed by atoms with Gasteiger partial charge in [0.2, 0.25) is 0 Å². The van der Waals surface area contributed by atoms with Gasteiger partial charge >= 0.3 is 6.18 Å². The molecule has 1 saturated heterocycles. The Morgan fingerprint density at radius 1 is 1.24 bits per heavy atom. The average molecular weight is 268 g/mol. The highest BCUT2D eigenvalue weighted by Gasteiger charge is 2.62. The molecule has 2 fully saturated rings. The predicted octanol–water partition coefficient (Wildman–Crippen LogP) is 2.16. The lowest BCUT2D eigenvalue weighted by molar-refractivity contribution is -0.165. The van der Waals surface area contributed by atoms with Crippen molar-refractivity contribution in [2.45, 2.75) is 42.6 Å². The Hall–Kier alpha value is 0.0600. The van der Waals surface area contributed by atoms with Crippen LogP contribution in [0.5, 0.6) is 0 Å². The van der Waals surface area contributed by atoms with Gasteiger partial charge in [0, 0.05) is 17.5 Å². The molecule has 0 bridgehead atoms. The van der Waals surface area contributed by atoms with Gasteiger partial charge < -0.3 is 10.6 Å². The highest BCUT2D eigenvalue weighted by molar-refractivity contribution is 7.99. The molecule has 0 aromatic heterocycles. The van der Waals surface area contributed by atoms with Gasteiger partial charge in [-0.25, -0.2) is 0 Å². The van der Waals surface area contributed by atoms with Crippen molar-refractivity contribution < 1.29 is 13.2 Å². The minimum absolute atomic E-state index is 0.245. The van der Waals surface area contributed by atoms with Crippen LogP contribution in [0, 0.1) is 0 Å². The number of nitrogens with one attached hydrogen (secondary N) is 2. The van der Waals surface area contributed by atoms with Gasteiger partial charge in [-0.3, -0.25) is 0 Å². The predicted molar refractivity (Wildman–Crippen MR) is 64.4 cm³/mol. The molecule has 0 spiro atoms. The van der Waals surface area contributed by atoms with Crippen molar-refractivity contribution in [3.63, 3.8) is 0 Å². The summed E-state index contributed by atoms with van der Waals surface area (Å²) in [6.45, 7) is 2.54. The lowest BCUT2D eigenvalue weighted by atomic mass is 10.2. The molecule has 1 heterocycles. The molecule has 0 amide bonds. The van der Waals surface area contributed by atoms with Crippen LogP contribution in [-0.4, -0.2) is 42.4 Å². The molecule has 0 radical (unpaired) electrons. The first-order valence-corrected chi connectivity index (χ1v) is 7.22. The molecule has 100 valence electrons. The van der Waals surface area contributed by atoms with E-state index in [1.807, 2.05) is 0 Å². The zero-order valence-corrected chi connectivity index (χ0v) is 10.6. The largest absolute Gasteiger partial charge is 0.406 e. The van der Waals surface area contributed by atoms with Gasteiger partial charge in [0.25, 0.3) is 0 Å². The van der Waals surface area contributed by atoms with E-state index in [0.29, 0.717) is 11.8 Å². The molecule has 2 aliphatic rings. The molecule has 1 aliphatic heterocycles. The molecule has 2 nitrogen and oxygen atoms in total. The van der Waals surface area contributed by atoms with Gasteiger partial charge in [0.05, 0.1) is 0 Å². The molecule has 2 N–H and O–H groups in total. The van der Waals surface area contributed by atoms with E-state index in [2.05, 4.69) is 10.6 Å². The van der Waals surface area contributed by atoms with Gasteiger partial charge in [0.1, 0.15) is 5.54 Å². The fourth-order valence-corrected chi connectivity index (χ4v) is 3.29. The summed E-state index contributed by atoms with van der Waals surface area (Å²) in [5.41, 5.74) is -1.54. The Morgan fingerprint density at radius 3 is 2.41 bits per heavy atom. The van der Waals surface area contributed by atoms with E-state index in [1.165, 1.54) is 0 Å². The molecule has 0 aromatic rings. The topological polar surface area (TPSA) is 24.1 Å². The summed E-state index contributed by atoms with van der Waals surface area (Å²) in [7, 11) is 0. The highest BCUT2D eigenvalue weighted by Crippen LogP contribution is 2.48. The second kappa shape index (κ2) is 5.36. The standard InChI is InChI=1S/C11H19F3N2S/c12-11(13,14)10(3-4-10)16-7-8-17-9-1-5-15-6-2-9/h9,15-16H,1-8H2. The molecule has 17 heavy (non-hydrogen) atoms. The molecule has 0 unspecified atom stereocenters. The van der Waals surface area contributed by atoms with Crippen LogP contribution < -0.4 is 10.6 Å². The molecule has 0 aromatic carbocycles. The summed E-state index contributed by atoms with van der Waals surface area (Å²) in [5, 5.41) is 6.59. The van der Waals surface area contributed by atoms with Gasteiger partial charge in [-0.1, -0.05) is 0 Å². The fraction of sp³-hybridized carbons (Fsp3) is 1.00. The first kappa shape index (κ1) is 13.5. The number of halogens is 3. The second-order valence-electron chi connectivity index (χ2n) is 4.83. The number of alkyl halides is 3. The number of thioether (sulfide) groups is 1. The van der Waals surface area contributed by atoms with E-state index in [9.17, 15) is 13.2 Å². The quantitative estimate of drug-likeness (QED) is 0.747. The van der Waals surface area contributed by atoms with E-state index < -0.39 is 11.7 Å². The zero-order chi connectivity index (χ0) is 12.4. The van der Waals surface area contributed by atoms with Crippen molar-refractivity contribution in [3.05, 3.63) is 0 Å². The van der Waals surface area contributed by atoms with Crippen LogP contribution in [0.15, 0.2) is 0 Å². The zero-order valence-electron chi connectivity index (χ0n) is 9.78. The second-order valence-corrected chi connectivity index (χ2v) is 6.24. The Labute approximate surface area is 104 Å². The average Bonchev–Trinajstić information content (AvgIpc) is 3.06. The van der Waals surface area contributed by atoms with Crippen LogP contribution in [0.3, 0.4) is 0 Å². The smallest absolute Gasteiger partial charge is 0.317 e. The minimum atomic E-state index is -4.08. The molecule has 2 rings (SSSR count). The molecule has 1 saturated carbocycles. The van der Waals surface area contributed by atoms with Crippen molar-refractivity contribution in [2.24, 2.45) is 0 Å². The molecule has 6 heteroatoms. The van der Waals surface area contributed by atoms with E-state index >= 15 is 0 Å². The molecular weight excluding hydrogens is 249 g/mol. The lowest BCUT2D eigenvalue weighted by Gasteiger charge is -2.24. The van der Waals surface area contributed by atoms with Crippen molar-refractivity contribution in [1.82, 2.24) is 10.6 Å². The van der Waals surface area contributed by atoms with E-state index in [4.69, 9.17) is 0 Å². The van der Waals surface area contributed by atoms with Crippen LogP contribution >= 0.6 is 11.8 Å². The Balaban J connectivity index is 1.60. The Bertz CT molecular complexity index is 248. The van der Waals surface area contributed by atoms with Crippen LogP contribution in [0.25, 0.3) is 0 Å². The summed E-state index contributed by atoms with van der Waals surface area (Å²) < 4.78 is 37.8. The van der Waals surface area contributed by atoms with Crippen LogP contribution in [0.2, 0.25) is 0 Å². The maximum atomic E-state index is 12.6. The summed E-state index contributed by atoms with van der Waals surface area (Å²) in [5.74, 6) is 0.780. The number of hydrogen-bond acceptors (Lipinski definition) is 3. The summed E-state index contributed by atoms with van der Waals surface area (Å²) >= 11 is 1.81. The summed E-state index contributed by atoms with van der Waals surface area (Å²) in [6.07, 6.45) is -1.32. The minimum Gasteiger partial charge on any atom is -0.317 e. The SMILES string of the molecule is FC(F)(F)C1(NCCSC2CCNCC2)CC1. The third kappa shape index (κ3) is 3.51. The van der Waals surface area contributed by atoms with Crippen LogP contribution in [-0.2, 0) is 0 Å². The normalized spacial score (nSPS) is 24.9. The third-order valence-electron chi connectivity index (χ3n) is 3.50. The van der Waals surface area contributed by atoms with E-state index in [1.54, 1.807) is 11.8 Å². The van der Waals surface area contributed by atoms with E-state index in [-0.39, 0.29) is 12.8 Å². The van der Waals surface area contributed by atoms with Crippen molar-refractivity contribution >= 4 is 11.8 Å². The van der Waals surface area contributed by atoms with Gasteiger partial charge in [-0.2, -0.15) is 24.9 Å². The van der Waals surface area contributed by atoms with Crippen molar-refractivity contribution in [2.75, 3.05) is 25.4 Å². The molecular formula is C11H19F3N2S. The monoisotopic (exact) mass is 268 g/mol. The highest BCUT2D eigenvalue weighted by atomic mass is 32.2. The number of rotatable bonds is 5. The molecule has 1 aliphatic carbocycles. The Morgan fingerprint density at radius 2 is 1.88 bits per heavy atom. The van der Waals surface area contributed by atoms with Gasteiger partial charge in [0.15, 0.2) is 0 Å². The van der Waals surface area contributed by atoms with Gasteiger partial charge in [-0.05, 0) is 38.8 Å². The first-order chi connectivity index (χ1) is 8.04. The Kier molecular flexibility index (Phi) is 4.26. The van der Waals surface area contributed by atoms with Gasteiger partial charge in [-0.15, -0.1) is 0 Å². The third-order valence-corrected chi connectivity index (χ3v) is 4.88. The summed E-state index contributed by atoms with van der Waals surface area (Å²) in [4.78, 5) is 0. The maximum absolute atomic E-state index is 12.6. The first-order valence-electron chi connectivity index (χ1n) is 6.18. The van der Waals surface area contributed by atoms with Crippen molar-refractivity contribution in [1.29, 1.82) is 0 Å². The fourth-order valence-electron chi connectivity index (χ4n) is 2.16.